The minimum atomic E-state index is 0.403. The van der Waals surface area contributed by atoms with Crippen molar-refractivity contribution in [2.45, 2.75) is 31.8 Å². The van der Waals surface area contributed by atoms with Gasteiger partial charge in [0.05, 0.1) is 5.60 Å². The van der Waals surface area contributed by atoms with Gasteiger partial charge in [-0.1, -0.05) is 6.92 Å². The van der Waals surface area contributed by atoms with Crippen molar-refractivity contribution in [2.75, 3.05) is 6.61 Å². The van der Waals surface area contributed by atoms with Crippen LogP contribution in [-0.2, 0) is 4.74 Å². The van der Waals surface area contributed by atoms with E-state index < -0.39 is 0 Å². The Morgan fingerprint density at radius 3 is 2.62 bits per heavy atom. The lowest BCUT2D eigenvalue weighted by Crippen LogP contribution is -2.06. The molecule has 2 aliphatic rings. The smallest absolute Gasteiger partial charge is 0.0713 e. The van der Waals surface area contributed by atoms with Crippen molar-refractivity contribution >= 4 is 0 Å². The largest absolute Gasteiger partial charge is 0.375 e. The molecule has 1 unspecified atom stereocenters. The van der Waals surface area contributed by atoms with Gasteiger partial charge in [-0.15, -0.1) is 0 Å². The molecule has 0 N–H and O–H groups in total. The van der Waals surface area contributed by atoms with Gasteiger partial charge in [0.25, 0.3) is 0 Å². The highest BCUT2D eigenvalue weighted by Crippen LogP contribution is 2.52. The zero-order valence-electron chi connectivity index (χ0n) is 5.31. The van der Waals surface area contributed by atoms with Crippen LogP contribution in [-0.4, -0.2) is 12.2 Å². The lowest BCUT2D eigenvalue weighted by Gasteiger charge is -2.03. The molecule has 0 radical (unpaired) electrons. The Balaban J connectivity index is 2.06. The molecular weight excluding hydrogens is 100 g/mol. The fourth-order valence-electron chi connectivity index (χ4n) is 1.73. The van der Waals surface area contributed by atoms with E-state index in [1.54, 1.807) is 0 Å². The van der Waals surface area contributed by atoms with E-state index in [-0.39, 0.29) is 0 Å². The lowest BCUT2D eigenvalue weighted by atomic mass is 10.2. The molecule has 1 spiro atoms. The molecule has 0 aromatic heterocycles. The number of rotatable bonds is 0. The first-order valence-electron chi connectivity index (χ1n) is 3.47. The first-order valence-corrected chi connectivity index (χ1v) is 3.47. The lowest BCUT2D eigenvalue weighted by molar-refractivity contribution is 0.0790. The van der Waals surface area contributed by atoms with Gasteiger partial charge >= 0.3 is 0 Å². The van der Waals surface area contributed by atoms with E-state index in [1.165, 1.54) is 19.3 Å². The van der Waals surface area contributed by atoms with Crippen molar-refractivity contribution in [1.82, 2.24) is 0 Å². The van der Waals surface area contributed by atoms with Gasteiger partial charge in [-0.3, -0.25) is 0 Å². The van der Waals surface area contributed by atoms with Gasteiger partial charge in [-0.25, -0.2) is 0 Å². The fraction of sp³-hybridized carbons (Fsp3) is 1.00. The summed E-state index contributed by atoms with van der Waals surface area (Å²) in [5.41, 5.74) is 0.403. The van der Waals surface area contributed by atoms with Crippen LogP contribution < -0.4 is 0 Å². The van der Waals surface area contributed by atoms with Crippen LogP contribution in [0.3, 0.4) is 0 Å². The minimum Gasteiger partial charge on any atom is -0.375 e. The molecule has 1 aliphatic heterocycles. The van der Waals surface area contributed by atoms with Crippen LogP contribution in [0.4, 0.5) is 0 Å². The summed E-state index contributed by atoms with van der Waals surface area (Å²) >= 11 is 0. The van der Waals surface area contributed by atoms with Gasteiger partial charge in [0.1, 0.15) is 0 Å². The summed E-state index contributed by atoms with van der Waals surface area (Å²) in [5.74, 6) is 0.866. The van der Waals surface area contributed by atoms with Gasteiger partial charge in [-0.2, -0.15) is 0 Å². The van der Waals surface area contributed by atoms with Crippen molar-refractivity contribution in [1.29, 1.82) is 0 Å². The Morgan fingerprint density at radius 1 is 1.62 bits per heavy atom. The topological polar surface area (TPSA) is 9.23 Å². The van der Waals surface area contributed by atoms with E-state index in [1.807, 2.05) is 0 Å². The second kappa shape index (κ2) is 1.27. The van der Waals surface area contributed by atoms with E-state index in [4.69, 9.17) is 4.74 Å². The van der Waals surface area contributed by atoms with Crippen LogP contribution in [0, 0.1) is 5.92 Å². The van der Waals surface area contributed by atoms with Crippen LogP contribution in [0.5, 0.6) is 0 Å². The maximum atomic E-state index is 5.56. The third-order valence-electron chi connectivity index (χ3n) is 2.52. The highest BCUT2D eigenvalue weighted by molar-refractivity contribution is 5.04. The monoisotopic (exact) mass is 112 g/mol. The second-order valence-electron chi connectivity index (χ2n) is 3.12. The molecular formula is C7H12O. The number of hydrogen-bond acceptors (Lipinski definition) is 1. The third kappa shape index (κ3) is 0.455. The van der Waals surface area contributed by atoms with E-state index in [0.29, 0.717) is 5.60 Å². The van der Waals surface area contributed by atoms with Crippen molar-refractivity contribution in [3.63, 3.8) is 0 Å². The van der Waals surface area contributed by atoms with Gasteiger partial charge in [0, 0.05) is 6.61 Å². The van der Waals surface area contributed by atoms with Crippen LogP contribution in [0.2, 0.25) is 0 Å². The summed E-state index contributed by atoms with van der Waals surface area (Å²) in [6.07, 6.45) is 3.95. The maximum Gasteiger partial charge on any atom is 0.0713 e. The van der Waals surface area contributed by atoms with E-state index in [2.05, 4.69) is 6.92 Å². The maximum absolute atomic E-state index is 5.56. The van der Waals surface area contributed by atoms with E-state index in [0.717, 1.165) is 12.5 Å². The molecule has 1 nitrogen and oxygen atoms in total. The molecule has 1 saturated carbocycles. The van der Waals surface area contributed by atoms with Crippen LogP contribution >= 0.6 is 0 Å². The molecule has 0 aromatic rings. The standard InChI is InChI=1S/C7H12O/c1-6-5-7(6)3-2-4-8-7/h6H,2-5H2,1H3/t6-,7?/m1/s1. The highest BCUT2D eigenvalue weighted by atomic mass is 16.5. The molecule has 1 saturated heterocycles. The normalized spacial score (nSPS) is 52.9. The summed E-state index contributed by atoms with van der Waals surface area (Å²) in [6.45, 7) is 3.30. The summed E-state index contributed by atoms with van der Waals surface area (Å²) < 4.78 is 5.56. The molecule has 8 heavy (non-hydrogen) atoms. The average molecular weight is 112 g/mol. The fourth-order valence-corrected chi connectivity index (χ4v) is 1.73. The van der Waals surface area contributed by atoms with E-state index in [9.17, 15) is 0 Å². The van der Waals surface area contributed by atoms with Crippen LogP contribution in [0.25, 0.3) is 0 Å². The Kier molecular flexibility index (Phi) is 0.762. The summed E-state index contributed by atoms with van der Waals surface area (Å²) in [5, 5.41) is 0. The van der Waals surface area contributed by atoms with Gasteiger partial charge in [0.2, 0.25) is 0 Å². The molecule has 2 rings (SSSR count). The van der Waals surface area contributed by atoms with E-state index >= 15 is 0 Å². The SMILES string of the molecule is C[C@@H]1CC12CCCO2. The second-order valence-corrected chi connectivity index (χ2v) is 3.12. The molecule has 2 atom stereocenters. The van der Waals surface area contributed by atoms with Crippen molar-refractivity contribution in [2.24, 2.45) is 5.92 Å². The van der Waals surface area contributed by atoms with Gasteiger partial charge in [-0.05, 0) is 25.2 Å². The molecule has 46 valence electrons. The summed E-state index contributed by atoms with van der Waals surface area (Å²) in [7, 11) is 0. The molecule has 1 heterocycles. The van der Waals surface area contributed by atoms with Gasteiger partial charge < -0.3 is 4.74 Å². The quantitative estimate of drug-likeness (QED) is 0.462. The Morgan fingerprint density at radius 2 is 2.38 bits per heavy atom. The van der Waals surface area contributed by atoms with Crippen LogP contribution in [0.1, 0.15) is 26.2 Å². The van der Waals surface area contributed by atoms with Crippen LogP contribution in [0.15, 0.2) is 0 Å². The van der Waals surface area contributed by atoms with Crippen molar-refractivity contribution in [3.05, 3.63) is 0 Å². The molecule has 2 fully saturated rings. The summed E-state index contributed by atoms with van der Waals surface area (Å²) in [6, 6.07) is 0. The Labute approximate surface area is 50.0 Å². The Bertz CT molecular complexity index is 103. The zero-order chi connectivity index (χ0) is 5.61. The average Bonchev–Trinajstić information content (AvgIpc) is 2.29. The molecule has 1 heteroatoms. The predicted molar refractivity (Wildman–Crippen MR) is 31.7 cm³/mol. The predicted octanol–water partition coefficient (Wildman–Crippen LogP) is 1.58. The minimum absolute atomic E-state index is 0.403. The zero-order valence-corrected chi connectivity index (χ0v) is 5.31. The third-order valence-corrected chi connectivity index (χ3v) is 2.52. The first-order chi connectivity index (χ1) is 3.83. The molecule has 0 aromatic carbocycles. The molecule has 0 bridgehead atoms. The highest BCUT2D eigenvalue weighted by Gasteiger charge is 2.53. The van der Waals surface area contributed by atoms with Gasteiger partial charge in [0.15, 0.2) is 0 Å². The van der Waals surface area contributed by atoms with Crippen molar-refractivity contribution in [3.8, 4) is 0 Å². The number of ether oxygens (including phenoxy) is 1. The molecule has 1 aliphatic carbocycles. The first kappa shape index (κ1) is 4.80. The number of hydrogen-bond donors (Lipinski definition) is 0. The summed E-state index contributed by atoms with van der Waals surface area (Å²) in [4.78, 5) is 0. The molecule has 0 amide bonds. The Hall–Kier alpha value is -0.0400. The van der Waals surface area contributed by atoms with Crippen molar-refractivity contribution < 1.29 is 4.74 Å².